The van der Waals surface area contributed by atoms with Crippen LogP contribution in [0.2, 0.25) is 0 Å². The number of nitrogens with one attached hydrogen (secondary N) is 1. The van der Waals surface area contributed by atoms with Crippen molar-refractivity contribution >= 4 is 5.91 Å². The summed E-state index contributed by atoms with van der Waals surface area (Å²) in [5.41, 5.74) is 1.56. The zero-order valence-electron chi connectivity index (χ0n) is 13.3. The average Bonchev–Trinajstić information content (AvgIpc) is 3.18. The summed E-state index contributed by atoms with van der Waals surface area (Å²) in [6.07, 6.45) is 6.50. The SMILES string of the molecule is CO[C@@H](CNC(=O)c1ccnc(-n2ccnc2)c1)c1ccccc1. The maximum Gasteiger partial charge on any atom is 0.251 e. The fourth-order valence-corrected chi connectivity index (χ4v) is 2.39. The lowest BCUT2D eigenvalue weighted by Gasteiger charge is -2.16. The van der Waals surface area contributed by atoms with Crippen LogP contribution in [0.25, 0.3) is 5.82 Å². The molecule has 3 rings (SSSR count). The predicted molar refractivity (Wildman–Crippen MR) is 89.9 cm³/mol. The molecule has 0 aliphatic heterocycles. The van der Waals surface area contributed by atoms with E-state index in [1.807, 2.05) is 30.3 Å². The molecule has 122 valence electrons. The first-order valence-electron chi connectivity index (χ1n) is 7.58. The maximum atomic E-state index is 12.4. The lowest BCUT2D eigenvalue weighted by atomic mass is 10.1. The Hall–Kier alpha value is -2.99. The number of amides is 1. The van der Waals surface area contributed by atoms with Gasteiger partial charge < -0.3 is 10.1 Å². The predicted octanol–water partition coefficient (Wildman–Crippen LogP) is 2.38. The van der Waals surface area contributed by atoms with E-state index < -0.39 is 0 Å². The van der Waals surface area contributed by atoms with Gasteiger partial charge >= 0.3 is 0 Å². The Labute approximate surface area is 140 Å². The number of pyridine rings is 1. The molecule has 1 atom stereocenters. The van der Waals surface area contributed by atoms with E-state index >= 15 is 0 Å². The minimum Gasteiger partial charge on any atom is -0.375 e. The van der Waals surface area contributed by atoms with Crippen LogP contribution in [0.1, 0.15) is 22.0 Å². The Kier molecular flexibility index (Phi) is 4.98. The molecule has 1 amide bonds. The largest absolute Gasteiger partial charge is 0.375 e. The van der Waals surface area contributed by atoms with Gasteiger partial charge in [-0.25, -0.2) is 9.97 Å². The number of benzene rings is 1. The number of methoxy groups -OCH3 is 1. The van der Waals surface area contributed by atoms with Crippen molar-refractivity contribution in [2.45, 2.75) is 6.10 Å². The van der Waals surface area contributed by atoms with Gasteiger partial charge in [-0.1, -0.05) is 30.3 Å². The molecule has 2 aromatic heterocycles. The first kappa shape index (κ1) is 15.9. The number of carbonyl (C=O) groups is 1. The highest BCUT2D eigenvalue weighted by Gasteiger charge is 2.13. The number of hydrogen-bond acceptors (Lipinski definition) is 4. The third-order valence-corrected chi connectivity index (χ3v) is 3.68. The fraction of sp³-hybridized carbons (Fsp3) is 0.167. The second-order valence-corrected chi connectivity index (χ2v) is 5.22. The summed E-state index contributed by atoms with van der Waals surface area (Å²) in [6.45, 7) is 0.391. The van der Waals surface area contributed by atoms with Crippen molar-refractivity contribution in [1.29, 1.82) is 0 Å². The smallest absolute Gasteiger partial charge is 0.251 e. The maximum absolute atomic E-state index is 12.4. The summed E-state index contributed by atoms with van der Waals surface area (Å²) in [6, 6.07) is 13.2. The van der Waals surface area contributed by atoms with Crippen molar-refractivity contribution in [3.05, 3.63) is 78.5 Å². The van der Waals surface area contributed by atoms with Crippen LogP contribution in [0, 0.1) is 0 Å². The van der Waals surface area contributed by atoms with Gasteiger partial charge in [0.15, 0.2) is 0 Å². The highest BCUT2D eigenvalue weighted by atomic mass is 16.5. The highest BCUT2D eigenvalue weighted by molar-refractivity contribution is 5.94. The Morgan fingerprint density at radius 2 is 2.08 bits per heavy atom. The molecule has 0 aliphatic rings. The van der Waals surface area contributed by atoms with Crippen LogP contribution in [-0.2, 0) is 4.74 Å². The quantitative estimate of drug-likeness (QED) is 0.756. The van der Waals surface area contributed by atoms with Crippen LogP contribution in [0.15, 0.2) is 67.4 Å². The van der Waals surface area contributed by atoms with E-state index in [0.29, 0.717) is 17.9 Å². The third-order valence-electron chi connectivity index (χ3n) is 3.68. The van der Waals surface area contributed by atoms with Gasteiger partial charge in [-0.15, -0.1) is 0 Å². The number of ether oxygens (including phenoxy) is 1. The minimum absolute atomic E-state index is 0.170. The highest BCUT2D eigenvalue weighted by Crippen LogP contribution is 2.15. The average molecular weight is 322 g/mol. The normalized spacial score (nSPS) is 11.9. The van der Waals surface area contributed by atoms with E-state index in [2.05, 4.69) is 15.3 Å². The van der Waals surface area contributed by atoms with Gasteiger partial charge in [0.2, 0.25) is 0 Å². The van der Waals surface area contributed by atoms with Gasteiger partial charge in [-0.05, 0) is 17.7 Å². The number of hydrogen-bond donors (Lipinski definition) is 1. The summed E-state index contributed by atoms with van der Waals surface area (Å²) in [7, 11) is 1.63. The van der Waals surface area contributed by atoms with Crippen molar-refractivity contribution in [2.75, 3.05) is 13.7 Å². The van der Waals surface area contributed by atoms with Gasteiger partial charge in [0.05, 0.1) is 6.10 Å². The summed E-state index contributed by atoms with van der Waals surface area (Å²) >= 11 is 0. The van der Waals surface area contributed by atoms with E-state index in [-0.39, 0.29) is 12.0 Å². The number of nitrogens with zero attached hydrogens (tertiary/aromatic N) is 3. The molecule has 24 heavy (non-hydrogen) atoms. The van der Waals surface area contributed by atoms with E-state index in [0.717, 1.165) is 5.56 Å². The van der Waals surface area contributed by atoms with Crippen LogP contribution < -0.4 is 5.32 Å². The van der Waals surface area contributed by atoms with Crippen LogP contribution in [0.4, 0.5) is 0 Å². The Balaban J connectivity index is 1.68. The molecule has 0 aliphatic carbocycles. The second kappa shape index (κ2) is 7.52. The third kappa shape index (κ3) is 3.67. The van der Waals surface area contributed by atoms with Crippen LogP contribution in [0.5, 0.6) is 0 Å². The number of rotatable bonds is 6. The summed E-state index contributed by atoms with van der Waals surface area (Å²) in [5, 5.41) is 2.90. The molecule has 1 aromatic carbocycles. The van der Waals surface area contributed by atoms with E-state index in [4.69, 9.17) is 4.74 Å². The van der Waals surface area contributed by atoms with Crippen LogP contribution in [0.3, 0.4) is 0 Å². The molecule has 0 radical (unpaired) electrons. The van der Waals surface area contributed by atoms with Crippen LogP contribution >= 0.6 is 0 Å². The zero-order chi connectivity index (χ0) is 16.8. The Bertz CT molecular complexity index is 788. The molecule has 6 heteroatoms. The summed E-state index contributed by atoms with van der Waals surface area (Å²) in [4.78, 5) is 20.6. The van der Waals surface area contributed by atoms with Crippen LogP contribution in [-0.4, -0.2) is 34.1 Å². The van der Waals surface area contributed by atoms with Gasteiger partial charge in [-0.3, -0.25) is 9.36 Å². The standard InChI is InChI=1S/C18H18N4O2/c1-24-16(14-5-3-2-4-6-14)12-21-18(23)15-7-8-20-17(11-15)22-10-9-19-13-22/h2-11,13,16H,12H2,1H3,(H,21,23)/t16-/m0/s1. The molecular formula is C18H18N4O2. The second-order valence-electron chi connectivity index (χ2n) is 5.22. The summed E-state index contributed by atoms with van der Waals surface area (Å²) < 4.78 is 7.21. The minimum atomic E-state index is -0.190. The molecule has 0 fully saturated rings. The molecule has 6 nitrogen and oxygen atoms in total. The topological polar surface area (TPSA) is 69.0 Å². The van der Waals surface area contributed by atoms with E-state index in [1.165, 1.54) is 0 Å². The monoisotopic (exact) mass is 322 g/mol. The molecule has 0 bridgehead atoms. The number of carbonyl (C=O) groups excluding carboxylic acids is 1. The van der Waals surface area contributed by atoms with Crippen molar-refractivity contribution in [1.82, 2.24) is 19.9 Å². The molecule has 0 spiro atoms. The van der Waals surface area contributed by atoms with Crippen molar-refractivity contribution < 1.29 is 9.53 Å². The molecule has 0 saturated heterocycles. The number of aromatic nitrogens is 3. The Morgan fingerprint density at radius 3 is 2.79 bits per heavy atom. The van der Waals surface area contributed by atoms with E-state index in [9.17, 15) is 4.79 Å². The lowest BCUT2D eigenvalue weighted by Crippen LogP contribution is -2.29. The first-order valence-corrected chi connectivity index (χ1v) is 7.58. The van der Waals surface area contributed by atoms with E-state index in [1.54, 1.807) is 48.7 Å². The van der Waals surface area contributed by atoms with Crippen molar-refractivity contribution in [3.63, 3.8) is 0 Å². The first-order chi connectivity index (χ1) is 11.8. The Morgan fingerprint density at radius 1 is 1.25 bits per heavy atom. The molecule has 3 aromatic rings. The van der Waals surface area contributed by atoms with Gasteiger partial charge in [0.25, 0.3) is 5.91 Å². The van der Waals surface area contributed by atoms with Crippen molar-refractivity contribution in [3.8, 4) is 5.82 Å². The zero-order valence-corrected chi connectivity index (χ0v) is 13.3. The summed E-state index contributed by atoms with van der Waals surface area (Å²) in [5.74, 6) is 0.475. The number of imidazole rings is 1. The fourth-order valence-electron chi connectivity index (χ4n) is 2.39. The van der Waals surface area contributed by atoms with Gasteiger partial charge in [-0.2, -0.15) is 0 Å². The molecular weight excluding hydrogens is 304 g/mol. The van der Waals surface area contributed by atoms with Crippen molar-refractivity contribution in [2.24, 2.45) is 0 Å². The lowest BCUT2D eigenvalue weighted by molar-refractivity contribution is 0.0828. The van der Waals surface area contributed by atoms with Gasteiger partial charge in [0.1, 0.15) is 12.1 Å². The molecule has 1 N–H and O–H groups in total. The molecule has 2 heterocycles. The van der Waals surface area contributed by atoms with Gasteiger partial charge in [0, 0.05) is 37.8 Å². The molecule has 0 saturated carbocycles. The molecule has 0 unspecified atom stereocenters.